The number of hydrogen-bond acceptors (Lipinski definition) is 11. The smallest absolute Gasteiger partial charge is 0.317 e. The summed E-state index contributed by atoms with van der Waals surface area (Å²) in [7, 11) is 3.98. The van der Waals surface area contributed by atoms with Crippen molar-refractivity contribution in [2.45, 2.75) is 19.6 Å². The monoisotopic (exact) mass is 767 g/mol. The number of carboxylic acid groups (broad SMARTS) is 2. The molecule has 0 unspecified atom stereocenters. The van der Waals surface area contributed by atoms with Gasteiger partial charge in [0.1, 0.15) is 5.69 Å². The number of fused-ring (bicyclic) bond motifs is 8. The molecule has 0 saturated carbocycles. The van der Waals surface area contributed by atoms with Crippen LogP contribution < -0.4 is 4.90 Å². The van der Waals surface area contributed by atoms with E-state index in [4.69, 9.17) is 9.97 Å². The van der Waals surface area contributed by atoms with Gasteiger partial charge in [0.25, 0.3) is 0 Å². The molecule has 3 aliphatic rings. The molecule has 3 aliphatic heterocycles. The molecule has 3 aromatic heterocycles. The summed E-state index contributed by atoms with van der Waals surface area (Å²) in [5, 5.41) is 27.8. The Hall–Kier alpha value is -2.75. The van der Waals surface area contributed by atoms with Gasteiger partial charge >= 0.3 is 11.9 Å². The molecule has 245 valence electrons. The third kappa shape index (κ3) is 9.62. The number of rotatable bonds is 5. The van der Waals surface area contributed by atoms with E-state index in [1.54, 1.807) is 6.20 Å². The Morgan fingerprint density at radius 1 is 0.773 bits per heavy atom. The Morgan fingerprint density at radius 3 is 1.86 bits per heavy atom. The number of carbonyl (C=O) groups is 2. The van der Waals surface area contributed by atoms with Gasteiger partial charge in [-0.2, -0.15) is 0 Å². The number of hydrogen-bond donors (Lipinski definition) is 2. The molecule has 1 radical (unpaired) electrons. The molecule has 0 aromatic carbocycles. The standard InChI is InChI=1S/C29H40N10O4.Lu/c1-34(2)25-14-23-18-36-8-12-37(20-28(40)41)10-6-35(7-11-38(13-9-36)21-29(42)43)17-22-4-3-5-26(32-22)27-16-30-33-39(27)19-24(15-25)31-23;/h3-5,14-16H,6-13,17-21H2,1-2H3,(H,40,41)(H,42,43);. The van der Waals surface area contributed by atoms with E-state index >= 15 is 0 Å². The van der Waals surface area contributed by atoms with Gasteiger partial charge in [-0.05, 0) is 24.3 Å². The maximum atomic E-state index is 11.8. The van der Waals surface area contributed by atoms with E-state index < -0.39 is 11.9 Å². The van der Waals surface area contributed by atoms with Gasteiger partial charge in [0, 0.05) is 122 Å². The summed E-state index contributed by atoms with van der Waals surface area (Å²) < 4.78 is 1.83. The van der Waals surface area contributed by atoms with E-state index in [0.29, 0.717) is 72.0 Å². The largest absolute Gasteiger partial charge is 0.480 e. The van der Waals surface area contributed by atoms with Gasteiger partial charge in [0.2, 0.25) is 0 Å². The van der Waals surface area contributed by atoms with Gasteiger partial charge in [-0.1, -0.05) is 11.3 Å². The second-order valence-corrected chi connectivity index (χ2v) is 11.4. The summed E-state index contributed by atoms with van der Waals surface area (Å²) in [6.45, 7) is 6.14. The van der Waals surface area contributed by atoms with Gasteiger partial charge in [-0.15, -0.1) is 5.10 Å². The van der Waals surface area contributed by atoms with Crippen molar-refractivity contribution in [2.75, 3.05) is 84.4 Å². The predicted molar refractivity (Wildman–Crippen MR) is 160 cm³/mol. The Labute approximate surface area is 286 Å². The maximum absolute atomic E-state index is 11.8. The first kappa shape index (κ1) is 34.1. The fourth-order valence-corrected chi connectivity index (χ4v) is 5.54. The molecule has 0 spiro atoms. The number of aliphatic carboxylic acids is 2. The summed E-state index contributed by atoms with van der Waals surface area (Å²) in [6.07, 6.45) is 1.71. The van der Waals surface area contributed by atoms with Crippen molar-refractivity contribution in [1.82, 2.24) is 44.6 Å². The molecule has 2 N–H and O–H groups in total. The molecule has 6 bridgehead atoms. The molecule has 3 aromatic rings. The topological polar surface area (TPSA) is 147 Å². The maximum Gasteiger partial charge on any atom is 0.317 e. The van der Waals surface area contributed by atoms with Crippen molar-refractivity contribution in [3.05, 3.63) is 53.6 Å². The molecule has 14 nitrogen and oxygen atoms in total. The van der Waals surface area contributed by atoms with Crippen LogP contribution in [-0.2, 0) is 29.2 Å². The van der Waals surface area contributed by atoms with Crippen LogP contribution in [-0.4, -0.2) is 146 Å². The van der Waals surface area contributed by atoms with Crippen molar-refractivity contribution in [3.8, 4) is 11.4 Å². The van der Waals surface area contributed by atoms with E-state index in [0.717, 1.165) is 34.2 Å². The van der Waals surface area contributed by atoms with E-state index in [1.165, 1.54) is 0 Å². The minimum absolute atomic E-state index is 0. The number of carboxylic acids is 2. The molecule has 1 fully saturated rings. The first-order valence-electron chi connectivity index (χ1n) is 14.6. The molecule has 6 heterocycles. The van der Waals surface area contributed by atoms with Crippen LogP contribution in [0.5, 0.6) is 0 Å². The fourth-order valence-electron chi connectivity index (χ4n) is 5.54. The molecule has 44 heavy (non-hydrogen) atoms. The third-order valence-corrected chi connectivity index (χ3v) is 7.85. The minimum atomic E-state index is -0.857. The second-order valence-electron chi connectivity index (χ2n) is 11.4. The van der Waals surface area contributed by atoms with Crippen LogP contribution in [0.4, 0.5) is 5.69 Å². The molecule has 0 aliphatic carbocycles. The van der Waals surface area contributed by atoms with Crippen molar-refractivity contribution in [2.24, 2.45) is 0 Å². The van der Waals surface area contributed by atoms with Crippen molar-refractivity contribution >= 4 is 17.6 Å². The zero-order chi connectivity index (χ0) is 30.3. The van der Waals surface area contributed by atoms with Crippen LogP contribution in [0.15, 0.2) is 36.5 Å². The quantitative estimate of drug-likeness (QED) is 0.366. The van der Waals surface area contributed by atoms with Crippen LogP contribution in [0.1, 0.15) is 17.1 Å². The average molecular weight is 768 g/mol. The first-order valence-corrected chi connectivity index (χ1v) is 14.6. The predicted octanol–water partition coefficient (Wildman–Crippen LogP) is 0.254. The van der Waals surface area contributed by atoms with E-state index in [1.807, 2.05) is 57.7 Å². The number of pyridine rings is 2. The van der Waals surface area contributed by atoms with Crippen molar-refractivity contribution in [1.29, 1.82) is 0 Å². The summed E-state index contributed by atoms with van der Waals surface area (Å²) in [5.74, 6) is -1.71. The van der Waals surface area contributed by atoms with Gasteiger partial charge in [0.15, 0.2) is 0 Å². The van der Waals surface area contributed by atoms with E-state index in [9.17, 15) is 19.8 Å². The normalized spacial score (nSPS) is 20.1. The summed E-state index contributed by atoms with van der Waals surface area (Å²) in [5.41, 5.74) is 5.10. The first-order chi connectivity index (χ1) is 20.7. The van der Waals surface area contributed by atoms with Gasteiger partial charge < -0.3 is 15.1 Å². The zero-order valence-corrected chi connectivity index (χ0v) is 26.8. The molecule has 6 rings (SSSR count). The van der Waals surface area contributed by atoms with Crippen LogP contribution in [0.2, 0.25) is 0 Å². The van der Waals surface area contributed by atoms with Gasteiger partial charge in [0.05, 0.1) is 48.6 Å². The summed E-state index contributed by atoms with van der Waals surface area (Å²) >= 11 is 0. The molecule has 1 saturated heterocycles. The molecular weight excluding hydrogens is 727 g/mol. The van der Waals surface area contributed by atoms with Gasteiger partial charge in [-0.3, -0.25) is 34.2 Å². The Morgan fingerprint density at radius 2 is 1.32 bits per heavy atom. The summed E-state index contributed by atoms with van der Waals surface area (Å²) in [6, 6.07) is 9.99. The van der Waals surface area contributed by atoms with E-state index in [-0.39, 0.29) is 50.0 Å². The average Bonchev–Trinajstić information content (AvgIpc) is 3.41. The Balaban J connectivity index is 0.00000442. The number of nitrogens with zero attached hydrogens (tertiary/aromatic N) is 10. The number of anilines is 1. The second kappa shape index (κ2) is 16.0. The fraction of sp³-hybridized carbons (Fsp3) is 0.517. The van der Waals surface area contributed by atoms with Crippen LogP contribution in [0, 0.1) is 36.9 Å². The SMILES string of the molecule is CN(C)c1cc2nc(c1)Cn1nncc1-c1cccc(n1)CN1CCN(CC(=O)O)CCN(CCN(CC(=O)O)CC1)C2.[Lu]. The number of aromatic nitrogens is 5. The minimum Gasteiger partial charge on any atom is -0.480 e. The molecule has 0 atom stereocenters. The van der Waals surface area contributed by atoms with E-state index in [2.05, 4.69) is 26.2 Å². The molecule has 0 amide bonds. The zero-order valence-electron chi connectivity index (χ0n) is 25.1. The molecule has 15 heteroatoms. The molecular formula is C29H40LuN10O4. The Kier molecular flexibility index (Phi) is 12.4. The third-order valence-electron chi connectivity index (χ3n) is 7.85. The van der Waals surface area contributed by atoms with Crippen molar-refractivity contribution < 1.29 is 56.7 Å². The van der Waals surface area contributed by atoms with Crippen LogP contribution in [0.3, 0.4) is 0 Å². The Bertz CT molecular complexity index is 1390. The van der Waals surface area contributed by atoms with Gasteiger partial charge in [-0.25, -0.2) is 9.67 Å². The van der Waals surface area contributed by atoms with Crippen LogP contribution >= 0.6 is 0 Å². The summed E-state index contributed by atoms with van der Waals surface area (Å²) in [4.78, 5) is 43.9. The van der Waals surface area contributed by atoms with Crippen LogP contribution in [0.25, 0.3) is 11.4 Å². The van der Waals surface area contributed by atoms with Crippen molar-refractivity contribution in [3.63, 3.8) is 0 Å².